The number of nitrogens with two attached hydrogens (primary N) is 1. The van der Waals surface area contributed by atoms with Crippen molar-refractivity contribution in [1.29, 1.82) is 0 Å². The predicted molar refractivity (Wildman–Crippen MR) is 41.8 cm³/mol. The van der Waals surface area contributed by atoms with Gasteiger partial charge >= 0.3 is 0 Å². The fourth-order valence-electron chi connectivity index (χ4n) is 1.33. The van der Waals surface area contributed by atoms with E-state index in [1.807, 2.05) is 0 Å². The van der Waals surface area contributed by atoms with Crippen LogP contribution in [0.4, 0.5) is 0 Å². The fraction of sp³-hybridized carbons (Fsp3) is 1.00. The lowest BCUT2D eigenvalue weighted by molar-refractivity contribution is 0.0238. The van der Waals surface area contributed by atoms with Gasteiger partial charge in [0.15, 0.2) is 0 Å². The number of hydrogen-bond acceptors (Lipinski definition) is 2. The Balaban J connectivity index is 2.45. The second-order valence-electron chi connectivity index (χ2n) is 3.69. The molecule has 1 rings (SSSR count). The van der Waals surface area contributed by atoms with Gasteiger partial charge in [-0.05, 0) is 19.4 Å². The van der Waals surface area contributed by atoms with Crippen LogP contribution in [0.1, 0.15) is 26.7 Å². The molecule has 0 spiro atoms. The molecule has 0 radical (unpaired) electrons. The Morgan fingerprint density at radius 2 is 2.30 bits per heavy atom. The van der Waals surface area contributed by atoms with Crippen molar-refractivity contribution >= 4 is 0 Å². The summed E-state index contributed by atoms with van der Waals surface area (Å²) in [5, 5.41) is 0. The Morgan fingerprint density at radius 1 is 1.60 bits per heavy atom. The second-order valence-corrected chi connectivity index (χ2v) is 3.69. The Kier molecular flexibility index (Phi) is 2.32. The molecule has 1 aliphatic rings. The van der Waals surface area contributed by atoms with Crippen LogP contribution in [-0.2, 0) is 4.74 Å². The molecular formula is C8H17NO. The normalized spacial score (nSPS) is 27.3. The molecule has 2 nitrogen and oxygen atoms in total. The molecule has 2 heteroatoms. The van der Waals surface area contributed by atoms with E-state index >= 15 is 0 Å². The quantitative estimate of drug-likeness (QED) is 0.629. The molecule has 0 aromatic carbocycles. The maximum atomic E-state index is 5.61. The Labute approximate surface area is 62.7 Å². The number of hydrogen-bond donors (Lipinski definition) is 1. The van der Waals surface area contributed by atoms with Gasteiger partial charge in [-0.15, -0.1) is 0 Å². The van der Waals surface area contributed by atoms with Crippen molar-refractivity contribution in [1.82, 2.24) is 0 Å². The Bertz CT molecular complexity index is 106. The summed E-state index contributed by atoms with van der Waals surface area (Å²) in [6.45, 7) is 5.98. The van der Waals surface area contributed by atoms with Gasteiger partial charge in [0.1, 0.15) is 0 Å². The average Bonchev–Trinajstić information content (AvgIpc) is 2.38. The second kappa shape index (κ2) is 2.89. The molecule has 0 bridgehead atoms. The summed E-state index contributed by atoms with van der Waals surface area (Å²) in [6.07, 6.45) is 2.79. The van der Waals surface area contributed by atoms with Crippen molar-refractivity contribution in [3.8, 4) is 0 Å². The highest BCUT2D eigenvalue weighted by molar-refractivity contribution is 4.82. The Morgan fingerprint density at radius 3 is 2.70 bits per heavy atom. The van der Waals surface area contributed by atoms with Crippen LogP contribution in [0.3, 0.4) is 0 Å². The van der Waals surface area contributed by atoms with Gasteiger partial charge in [-0.25, -0.2) is 0 Å². The highest BCUT2D eigenvalue weighted by Gasteiger charge is 2.31. The van der Waals surface area contributed by atoms with Gasteiger partial charge in [0.25, 0.3) is 0 Å². The smallest absolute Gasteiger partial charge is 0.0638 e. The summed E-state index contributed by atoms with van der Waals surface area (Å²) in [6, 6.07) is 0. The van der Waals surface area contributed by atoms with Crippen LogP contribution in [0.25, 0.3) is 0 Å². The van der Waals surface area contributed by atoms with Crippen molar-refractivity contribution in [2.24, 2.45) is 11.1 Å². The van der Waals surface area contributed by atoms with E-state index < -0.39 is 0 Å². The molecule has 1 atom stereocenters. The monoisotopic (exact) mass is 143 g/mol. The summed E-state index contributed by atoms with van der Waals surface area (Å²) in [4.78, 5) is 0. The third-order valence-corrected chi connectivity index (χ3v) is 2.33. The predicted octanol–water partition coefficient (Wildman–Crippen LogP) is 1.15. The maximum Gasteiger partial charge on any atom is 0.0638 e. The van der Waals surface area contributed by atoms with E-state index in [0.717, 1.165) is 13.2 Å². The van der Waals surface area contributed by atoms with Crippen molar-refractivity contribution in [2.75, 3.05) is 13.2 Å². The fourth-order valence-corrected chi connectivity index (χ4v) is 1.33. The minimum atomic E-state index is 0.177. The van der Waals surface area contributed by atoms with Crippen molar-refractivity contribution in [2.45, 2.75) is 32.8 Å². The van der Waals surface area contributed by atoms with Crippen LogP contribution in [0.5, 0.6) is 0 Å². The van der Waals surface area contributed by atoms with Gasteiger partial charge in [0, 0.05) is 12.0 Å². The minimum absolute atomic E-state index is 0.177. The first-order chi connectivity index (χ1) is 4.67. The van der Waals surface area contributed by atoms with Crippen LogP contribution in [0, 0.1) is 5.41 Å². The number of rotatable bonds is 2. The molecule has 2 N–H and O–H groups in total. The molecule has 0 aromatic rings. The molecule has 1 aliphatic heterocycles. The zero-order valence-electron chi connectivity index (χ0n) is 6.89. The Hall–Kier alpha value is -0.0800. The third-order valence-electron chi connectivity index (χ3n) is 2.33. The van der Waals surface area contributed by atoms with Crippen LogP contribution >= 0.6 is 0 Å². The maximum absolute atomic E-state index is 5.61. The summed E-state index contributed by atoms with van der Waals surface area (Å²) >= 11 is 0. The molecule has 1 heterocycles. The van der Waals surface area contributed by atoms with E-state index in [2.05, 4.69) is 13.8 Å². The standard InChI is InChI=1S/C8H17NO/c1-8(2,6-9)7-4-3-5-10-7/h7H,3-6,9H2,1-2H3. The zero-order valence-corrected chi connectivity index (χ0v) is 6.89. The molecule has 0 aliphatic carbocycles. The lowest BCUT2D eigenvalue weighted by Gasteiger charge is -2.28. The molecule has 1 fully saturated rings. The van der Waals surface area contributed by atoms with E-state index in [9.17, 15) is 0 Å². The summed E-state index contributed by atoms with van der Waals surface area (Å²) in [5.74, 6) is 0. The SMILES string of the molecule is CC(C)(CN)C1CCCO1. The van der Waals surface area contributed by atoms with E-state index in [1.165, 1.54) is 12.8 Å². The van der Waals surface area contributed by atoms with Crippen LogP contribution in [-0.4, -0.2) is 19.3 Å². The highest BCUT2D eigenvalue weighted by atomic mass is 16.5. The summed E-state index contributed by atoms with van der Waals surface area (Å²) < 4.78 is 5.53. The largest absolute Gasteiger partial charge is 0.378 e. The zero-order chi connectivity index (χ0) is 7.61. The molecule has 10 heavy (non-hydrogen) atoms. The minimum Gasteiger partial charge on any atom is -0.378 e. The molecular weight excluding hydrogens is 126 g/mol. The van der Waals surface area contributed by atoms with Gasteiger partial charge in [0.2, 0.25) is 0 Å². The van der Waals surface area contributed by atoms with E-state index in [-0.39, 0.29) is 5.41 Å². The average molecular weight is 143 g/mol. The van der Waals surface area contributed by atoms with Crippen molar-refractivity contribution in [3.63, 3.8) is 0 Å². The first-order valence-electron chi connectivity index (χ1n) is 3.98. The van der Waals surface area contributed by atoms with E-state index in [0.29, 0.717) is 6.10 Å². The van der Waals surface area contributed by atoms with E-state index in [1.54, 1.807) is 0 Å². The molecule has 0 aromatic heterocycles. The molecule has 0 saturated carbocycles. The van der Waals surface area contributed by atoms with Gasteiger partial charge in [-0.2, -0.15) is 0 Å². The molecule has 0 amide bonds. The van der Waals surface area contributed by atoms with Gasteiger partial charge in [0.05, 0.1) is 6.10 Å². The van der Waals surface area contributed by atoms with Crippen molar-refractivity contribution < 1.29 is 4.74 Å². The van der Waals surface area contributed by atoms with Crippen LogP contribution in [0.15, 0.2) is 0 Å². The van der Waals surface area contributed by atoms with Crippen LogP contribution < -0.4 is 5.73 Å². The lowest BCUT2D eigenvalue weighted by Crippen LogP contribution is -2.35. The topological polar surface area (TPSA) is 35.2 Å². The van der Waals surface area contributed by atoms with Crippen molar-refractivity contribution in [3.05, 3.63) is 0 Å². The molecule has 60 valence electrons. The van der Waals surface area contributed by atoms with Crippen LogP contribution in [0.2, 0.25) is 0 Å². The lowest BCUT2D eigenvalue weighted by atomic mass is 9.85. The summed E-state index contributed by atoms with van der Waals surface area (Å²) in [7, 11) is 0. The first-order valence-corrected chi connectivity index (χ1v) is 3.98. The summed E-state index contributed by atoms with van der Waals surface area (Å²) in [5.41, 5.74) is 5.78. The van der Waals surface area contributed by atoms with E-state index in [4.69, 9.17) is 10.5 Å². The first kappa shape index (κ1) is 8.02. The molecule has 1 saturated heterocycles. The molecule has 1 unspecified atom stereocenters. The highest BCUT2D eigenvalue weighted by Crippen LogP contribution is 2.29. The number of ether oxygens (including phenoxy) is 1. The van der Waals surface area contributed by atoms with Gasteiger partial charge < -0.3 is 10.5 Å². The van der Waals surface area contributed by atoms with Gasteiger partial charge in [-0.1, -0.05) is 13.8 Å². The van der Waals surface area contributed by atoms with Gasteiger partial charge in [-0.3, -0.25) is 0 Å². The third kappa shape index (κ3) is 1.50.